The van der Waals surface area contributed by atoms with E-state index in [0.717, 1.165) is 31.0 Å². The van der Waals surface area contributed by atoms with Crippen LogP contribution in [-0.2, 0) is 6.42 Å². The third kappa shape index (κ3) is 3.19. The predicted molar refractivity (Wildman–Crippen MR) is 77.9 cm³/mol. The molecule has 1 aromatic carbocycles. The molecular weight excluding hydrogens is 244 g/mol. The molecule has 3 nitrogen and oxygen atoms in total. The minimum Gasteiger partial charge on any atom is -0.493 e. The highest BCUT2D eigenvalue weighted by Gasteiger charge is 2.20. The lowest BCUT2D eigenvalue weighted by Crippen LogP contribution is -2.30. The number of thioether (sulfide) groups is 1. The van der Waals surface area contributed by atoms with E-state index in [2.05, 4.69) is 30.5 Å². The molecule has 0 aromatic heterocycles. The van der Waals surface area contributed by atoms with E-state index in [1.54, 1.807) is 0 Å². The Balaban J connectivity index is 2.14. The maximum atomic E-state index is 5.84. The first-order chi connectivity index (χ1) is 8.86. The summed E-state index contributed by atoms with van der Waals surface area (Å²) >= 11 is 1.93. The minimum atomic E-state index is 0.176. The molecule has 0 fully saturated rings. The maximum Gasteiger partial charge on any atom is 0.127 e. The number of nitrogens with two attached hydrogens (primary N) is 1. The highest BCUT2D eigenvalue weighted by molar-refractivity contribution is 7.99. The number of hydrogen-bond acceptors (Lipinski definition) is 4. The Kier molecular flexibility index (Phi) is 5.35. The average Bonchev–Trinajstić information content (AvgIpc) is 2.43. The van der Waals surface area contributed by atoms with Crippen molar-refractivity contribution in [1.29, 1.82) is 0 Å². The Morgan fingerprint density at radius 2 is 2.39 bits per heavy atom. The van der Waals surface area contributed by atoms with Crippen LogP contribution in [0.1, 0.15) is 36.9 Å². The van der Waals surface area contributed by atoms with Crippen LogP contribution in [0.5, 0.6) is 5.75 Å². The number of ether oxygens (including phenoxy) is 1. The van der Waals surface area contributed by atoms with Crippen LogP contribution in [-0.4, -0.2) is 18.1 Å². The van der Waals surface area contributed by atoms with E-state index in [9.17, 15) is 0 Å². The summed E-state index contributed by atoms with van der Waals surface area (Å²) in [6.07, 6.45) is 3.43. The first-order valence-corrected chi connectivity index (χ1v) is 7.80. The highest BCUT2D eigenvalue weighted by Crippen LogP contribution is 2.33. The number of benzene rings is 1. The van der Waals surface area contributed by atoms with Gasteiger partial charge in [-0.15, -0.1) is 0 Å². The van der Waals surface area contributed by atoms with Gasteiger partial charge in [-0.2, -0.15) is 11.8 Å². The molecule has 1 heterocycles. The number of nitrogens with one attached hydrogen (secondary N) is 1. The van der Waals surface area contributed by atoms with Gasteiger partial charge >= 0.3 is 0 Å². The molecule has 0 bridgehead atoms. The van der Waals surface area contributed by atoms with Crippen molar-refractivity contribution in [2.45, 2.75) is 32.2 Å². The van der Waals surface area contributed by atoms with Crippen LogP contribution in [0, 0.1) is 0 Å². The molecular formula is C14H22N2OS. The van der Waals surface area contributed by atoms with E-state index in [1.807, 2.05) is 11.8 Å². The molecule has 100 valence electrons. The van der Waals surface area contributed by atoms with Crippen molar-refractivity contribution < 1.29 is 4.74 Å². The summed E-state index contributed by atoms with van der Waals surface area (Å²) in [5.41, 5.74) is 5.45. The summed E-state index contributed by atoms with van der Waals surface area (Å²) < 4.78 is 5.84. The molecule has 0 saturated heterocycles. The molecule has 0 aliphatic carbocycles. The number of rotatable bonds is 6. The smallest absolute Gasteiger partial charge is 0.127 e. The summed E-state index contributed by atoms with van der Waals surface area (Å²) in [5.74, 6) is 8.93. The van der Waals surface area contributed by atoms with E-state index in [0.29, 0.717) is 0 Å². The molecule has 1 aromatic rings. The molecule has 1 aliphatic heterocycles. The van der Waals surface area contributed by atoms with Gasteiger partial charge < -0.3 is 4.74 Å². The van der Waals surface area contributed by atoms with Crippen molar-refractivity contribution in [3.63, 3.8) is 0 Å². The Hall–Kier alpha value is -0.710. The van der Waals surface area contributed by atoms with Crippen molar-refractivity contribution in [3.05, 3.63) is 29.3 Å². The van der Waals surface area contributed by atoms with E-state index in [1.165, 1.54) is 23.3 Å². The first-order valence-electron chi connectivity index (χ1n) is 6.65. The van der Waals surface area contributed by atoms with Crippen molar-refractivity contribution >= 4 is 11.8 Å². The van der Waals surface area contributed by atoms with Crippen molar-refractivity contribution in [1.82, 2.24) is 5.43 Å². The summed E-state index contributed by atoms with van der Waals surface area (Å²) in [7, 11) is 0. The third-order valence-corrected chi connectivity index (χ3v) is 4.44. The zero-order valence-corrected chi connectivity index (χ0v) is 11.8. The second kappa shape index (κ2) is 7.02. The van der Waals surface area contributed by atoms with Gasteiger partial charge in [0.2, 0.25) is 0 Å². The zero-order chi connectivity index (χ0) is 12.8. The van der Waals surface area contributed by atoms with Crippen molar-refractivity contribution in [3.8, 4) is 5.75 Å². The van der Waals surface area contributed by atoms with Gasteiger partial charge in [0.15, 0.2) is 0 Å². The Labute approximate surface area is 113 Å². The second-order valence-electron chi connectivity index (χ2n) is 4.58. The van der Waals surface area contributed by atoms with E-state index >= 15 is 0 Å². The average molecular weight is 266 g/mol. The second-order valence-corrected chi connectivity index (χ2v) is 5.73. The lowest BCUT2D eigenvalue weighted by Gasteiger charge is -2.24. The fourth-order valence-electron chi connectivity index (χ4n) is 2.26. The van der Waals surface area contributed by atoms with Gasteiger partial charge in [-0.05, 0) is 30.6 Å². The Bertz CT molecular complexity index is 384. The quantitative estimate of drug-likeness (QED) is 0.472. The number of fused-ring (bicyclic) bond motifs is 1. The summed E-state index contributed by atoms with van der Waals surface area (Å²) in [4.78, 5) is 0. The predicted octanol–water partition coefficient (Wildman–Crippen LogP) is 2.66. The van der Waals surface area contributed by atoms with E-state index in [-0.39, 0.29) is 6.04 Å². The summed E-state index contributed by atoms with van der Waals surface area (Å²) in [6.45, 7) is 3.02. The SMILES string of the molecule is CCCSCC(NN)c1cccc2c1OCCC2. The lowest BCUT2D eigenvalue weighted by molar-refractivity contribution is 0.282. The van der Waals surface area contributed by atoms with Gasteiger partial charge in [-0.3, -0.25) is 11.3 Å². The molecule has 1 atom stereocenters. The summed E-state index contributed by atoms with van der Waals surface area (Å²) in [6, 6.07) is 6.57. The zero-order valence-electron chi connectivity index (χ0n) is 10.9. The van der Waals surface area contributed by atoms with Gasteiger partial charge in [0, 0.05) is 11.3 Å². The highest BCUT2D eigenvalue weighted by atomic mass is 32.2. The van der Waals surface area contributed by atoms with Gasteiger partial charge in [0.05, 0.1) is 12.6 Å². The minimum absolute atomic E-state index is 0.176. The van der Waals surface area contributed by atoms with Crippen LogP contribution < -0.4 is 16.0 Å². The molecule has 3 N–H and O–H groups in total. The standard InChI is InChI=1S/C14H22N2OS/c1-2-9-18-10-13(16-15)12-7-3-5-11-6-4-8-17-14(11)12/h3,5,7,13,16H,2,4,6,8-10,15H2,1H3. The molecule has 0 saturated carbocycles. The van der Waals surface area contributed by atoms with E-state index < -0.39 is 0 Å². The molecule has 0 spiro atoms. The van der Waals surface area contributed by atoms with Gasteiger partial charge in [0.1, 0.15) is 5.75 Å². The normalized spacial score (nSPS) is 15.9. The van der Waals surface area contributed by atoms with Crippen LogP contribution in [0.4, 0.5) is 0 Å². The maximum absolute atomic E-state index is 5.84. The van der Waals surface area contributed by atoms with Crippen molar-refractivity contribution in [2.75, 3.05) is 18.1 Å². The van der Waals surface area contributed by atoms with Crippen LogP contribution in [0.2, 0.25) is 0 Å². The molecule has 0 amide bonds. The van der Waals surface area contributed by atoms with Crippen LogP contribution in [0.3, 0.4) is 0 Å². The number of hydrazine groups is 1. The van der Waals surface area contributed by atoms with Crippen LogP contribution in [0.15, 0.2) is 18.2 Å². The Morgan fingerprint density at radius 3 is 3.17 bits per heavy atom. The topological polar surface area (TPSA) is 47.3 Å². The fourth-order valence-corrected chi connectivity index (χ4v) is 3.23. The molecule has 0 radical (unpaired) electrons. The molecule has 1 unspecified atom stereocenters. The number of aryl methyl sites for hydroxylation is 1. The molecule has 1 aliphatic rings. The monoisotopic (exact) mass is 266 g/mol. The van der Waals surface area contributed by atoms with Crippen LogP contribution >= 0.6 is 11.8 Å². The Morgan fingerprint density at radius 1 is 1.50 bits per heavy atom. The lowest BCUT2D eigenvalue weighted by atomic mass is 9.99. The fraction of sp³-hybridized carbons (Fsp3) is 0.571. The molecule has 2 rings (SSSR count). The third-order valence-electron chi connectivity index (χ3n) is 3.17. The largest absolute Gasteiger partial charge is 0.493 e. The van der Waals surface area contributed by atoms with Crippen molar-refractivity contribution in [2.24, 2.45) is 5.84 Å². The summed E-state index contributed by atoms with van der Waals surface area (Å²) in [5, 5.41) is 0. The number of para-hydroxylation sites is 1. The van der Waals surface area contributed by atoms with Gasteiger partial charge in [0.25, 0.3) is 0 Å². The van der Waals surface area contributed by atoms with E-state index in [4.69, 9.17) is 10.6 Å². The molecule has 18 heavy (non-hydrogen) atoms. The van der Waals surface area contributed by atoms with Gasteiger partial charge in [-0.1, -0.05) is 25.1 Å². The van der Waals surface area contributed by atoms with Gasteiger partial charge in [-0.25, -0.2) is 0 Å². The first kappa shape index (κ1) is 13.7. The molecule has 4 heteroatoms. The van der Waals surface area contributed by atoms with Crippen LogP contribution in [0.25, 0.3) is 0 Å². The number of hydrogen-bond donors (Lipinski definition) is 2.